The van der Waals surface area contributed by atoms with E-state index in [-0.39, 0.29) is 45.9 Å². The van der Waals surface area contributed by atoms with Crippen LogP contribution < -0.4 is 5.73 Å². The summed E-state index contributed by atoms with van der Waals surface area (Å²) in [5, 5.41) is 19.9. The van der Waals surface area contributed by atoms with Gasteiger partial charge < -0.3 is 15.9 Å². The van der Waals surface area contributed by atoms with Crippen molar-refractivity contribution in [1.29, 1.82) is 0 Å². The van der Waals surface area contributed by atoms with Crippen LogP contribution in [0.4, 0.5) is 0 Å². The van der Waals surface area contributed by atoms with E-state index in [9.17, 15) is 19.8 Å². The minimum atomic E-state index is -0.851. The Morgan fingerprint density at radius 2 is 1.79 bits per heavy atom. The van der Waals surface area contributed by atoms with E-state index in [1.54, 1.807) is 0 Å². The number of ketones is 1. The second-order valence-electron chi connectivity index (χ2n) is 11.4. The lowest BCUT2D eigenvalue weighted by atomic mass is 9.37. The molecule has 0 aliphatic heterocycles. The first-order valence-electron chi connectivity index (χ1n) is 11.1. The number of hydrogen-bond donors (Lipinski definition) is 3. The van der Waals surface area contributed by atoms with Crippen LogP contribution >= 0.6 is 0 Å². The van der Waals surface area contributed by atoms with E-state index < -0.39 is 17.4 Å². The highest BCUT2D eigenvalue weighted by molar-refractivity contribution is 5.91. The van der Waals surface area contributed by atoms with Gasteiger partial charge in [-0.3, -0.25) is 9.59 Å². The standard InChI is InChI=1S/C23H37NO4/c1-13(19(27)28)15-5-6-16-21(15,3)9-8-17-22(4)10-7-14(25)11-20(22,2)12-18(26)23(16,17)24/h13-17,25H,5-12,24H2,1-4H3,(H,27,28)/t13-,14+,15?,16+,17+,20?,21?,22?,23+/m0/s1. The van der Waals surface area contributed by atoms with Crippen molar-refractivity contribution in [3.63, 3.8) is 0 Å². The lowest BCUT2D eigenvalue weighted by molar-refractivity contribution is -0.188. The number of carboxylic acid groups (broad SMARTS) is 1. The van der Waals surface area contributed by atoms with Gasteiger partial charge in [0, 0.05) is 6.42 Å². The zero-order valence-electron chi connectivity index (χ0n) is 17.8. The summed E-state index contributed by atoms with van der Waals surface area (Å²) in [5.74, 6) is -0.720. The normalized spacial score (nSPS) is 54.4. The van der Waals surface area contributed by atoms with Crippen LogP contribution in [-0.4, -0.2) is 33.6 Å². The summed E-state index contributed by atoms with van der Waals surface area (Å²) < 4.78 is 0. The predicted octanol–water partition coefficient (Wildman–Crippen LogP) is 3.38. The Hall–Kier alpha value is -0.940. The molecule has 5 heteroatoms. The van der Waals surface area contributed by atoms with Crippen LogP contribution in [0.1, 0.15) is 79.1 Å². The Labute approximate surface area is 168 Å². The number of aliphatic hydroxyl groups is 1. The molecule has 0 aromatic rings. The molecule has 4 fully saturated rings. The highest BCUT2D eigenvalue weighted by Gasteiger charge is 2.71. The van der Waals surface area contributed by atoms with E-state index in [1.807, 2.05) is 6.92 Å². The topological polar surface area (TPSA) is 101 Å². The van der Waals surface area contributed by atoms with Crippen molar-refractivity contribution in [3.8, 4) is 0 Å². The maximum Gasteiger partial charge on any atom is 0.306 e. The van der Waals surface area contributed by atoms with Crippen molar-refractivity contribution in [3.05, 3.63) is 0 Å². The van der Waals surface area contributed by atoms with Gasteiger partial charge in [-0.1, -0.05) is 27.7 Å². The van der Waals surface area contributed by atoms with E-state index in [4.69, 9.17) is 5.73 Å². The SMILES string of the molecule is C[C@H](C(=O)O)C1CC[C@@H]2C1(C)CC[C@@H]1C3(C)CC[C@@H](O)CC3(C)CC(=O)[C@@]21N. The molecule has 4 unspecified atom stereocenters. The molecule has 28 heavy (non-hydrogen) atoms. The van der Waals surface area contributed by atoms with Crippen LogP contribution in [0.15, 0.2) is 0 Å². The van der Waals surface area contributed by atoms with Gasteiger partial charge in [0.1, 0.15) is 0 Å². The summed E-state index contributed by atoms with van der Waals surface area (Å²) in [6.07, 6.45) is 6.05. The van der Waals surface area contributed by atoms with Crippen molar-refractivity contribution in [2.45, 2.75) is 90.7 Å². The van der Waals surface area contributed by atoms with E-state index in [2.05, 4.69) is 20.8 Å². The van der Waals surface area contributed by atoms with Gasteiger partial charge in [-0.15, -0.1) is 0 Å². The summed E-state index contributed by atoms with van der Waals surface area (Å²) >= 11 is 0. The highest BCUT2D eigenvalue weighted by atomic mass is 16.4. The van der Waals surface area contributed by atoms with Gasteiger partial charge in [-0.05, 0) is 78.9 Å². The number of fused-ring (bicyclic) bond motifs is 5. The van der Waals surface area contributed by atoms with Gasteiger partial charge in [0.2, 0.25) is 0 Å². The Kier molecular flexibility index (Phi) is 4.39. The number of rotatable bonds is 2. The zero-order chi connectivity index (χ0) is 20.7. The van der Waals surface area contributed by atoms with E-state index in [1.165, 1.54) is 0 Å². The van der Waals surface area contributed by atoms with Gasteiger partial charge in [0.15, 0.2) is 5.78 Å². The Morgan fingerprint density at radius 1 is 1.11 bits per heavy atom. The molecule has 4 rings (SSSR count). The average molecular weight is 392 g/mol. The van der Waals surface area contributed by atoms with Crippen molar-refractivity contribution in [1.82, 2.24) is 0 Å². The molecule has 4 aliphatic carbocycles. The summed E-state index contributed by atoms with van der Waals surface area (Å²) in [4.78, 5) is 25.4. The lowest BCUT2D eigenvalue weighted by Gasteiger charge is -2.67. The molecule has 0 bridgehead atoms. The first-order chi connectivity index (χ1) is 12.9. The molecule has 4 aliphatic rings. The number of carbonyl (C=O) groups is 2. The number of aliphatic hydroxyl groups excluding tert-OH is 1. The van der Waals surface area contributed by atoms with Gasteiger partial charge in [-0.25, -0.2) is 0 Å². The summed E-state index contributed by atoms with van der Waals surface area (Å²) in [6.45, 7) is 8.52. The Morgan fingerprint density at radius 3 is 2.43 bits per heavy atom. The molecule has 158 valence electrons. The molecular formula is C23H37NO4. The molecule has 5 nitrogen and oxygen atoms in total. The molecule has 4 saturated carbocycles. The average Bonchev–Trinajstić information content (AvgIpc) is 2.95. The molecule has 0 saturated heterocycles. The second-order valence-corrected chi connectivity index (χ2v) is 11.4. The molecule has 9 atom stereocenters. The van der Waals surface area contributed by atoms with Crippen molar-refractivity contribution in [2.75, 3.05) is 0 Å². The third-order valence-corrected chi connectivity index (χ3v) is 10.4. The maximum absolute atomic E-state index is 13.6. The van der Waals surface area contributed by atoms with Crippen LogP contribution in [0.3, 0.4) is 0 Å². The third kappa shape index (κ3) is 2.32. The van der Waals surface area contributed by atoms with E-state index >= 15 is 0 Å². The third-order valence-electron chi connectivity index (χ3n) is 10.4. The van der Waals surface area contributed by atoms with E-state index in [0.29, 0.717) is 12.8 Å². The van der Waals surface area contributed by atoms with Crippen LogP contribution in [0.5, 0.6) is 0 Å². The van der Waals surface area contributed by atoms with Crippen LogP contribution in [-0.2, 0) is 9.59 Å². The first kappa shape index (κ1) is 20.3. The molecule has 0 amide bonds. The fourth-order valence-corrected chi connectivity index (χ4v) is 8.57. The number of nitrogens with two attached hydrogens (primary N) is 1. The summed E-state index contributed by atoms with van der Waals surface area (Å²) in [5.41, 5.74) is 5.86. The number of Topliss-reactive ketones (excluding diaryl/α,β-unsaturated/α-hetero) is 1. The predicted molar refractivity (Wildman–Crippen MR) is 106 cm³/mol. The molecule has 0 aromatic heterocycles. The van der Waals surface area contributed by atoms with Crippen molar-refractivity contribution >= 4 is 11.8 Å². The minimum absolute atomic E-state index is 0.0489. The fourth-order valence-electron chi connectivity index (χ4n) is 8.57. The number of carboxylic acids is 1. The number of aliphatic carboxylic acids is 1. The molecule has 0 aromatic carbocycles. The quantitative estimate of drug-likeness (QED) is 0.670. The Balaban J connectivity index is 1.75. The van der Waals surface area contributed by atoms with Crippen LogP contribution in [0.25, 0.3) is 0 Å². The summed E-state index contributed by atoms with van der Waals surface area (Å²) in [7, 11) is 0. The van der Waals surface area contributed by atoms with E-state index in [0.717, 1.165) is 38.5 Å². The monoisotopic (exact) mass is 391 g/mol. The number of hydrogen-bond acceptors (Lipinski definition) is 4. The Bertz CT molecular complexity index is 709. The first-order valence-corrected chi connectivity index (χ1v) is 11.1. The maximum atomic E-state index is 13.6. The van der Waals surface area contributed by atoms with Crippen LogP contribution in [0.2, 0.25) is 0 Å². The van der Waals surface area contributed by atoms with Gasteiger partial charge in [0.05, 0.1) is 17.6 Å². The van der Waals surface area contributed by atoms with Crippen molar-refractivity contribution < 1.29 is 19.8 Å². The molecule has 4 N–H and O–H groups in total. The molecule has 0 heterocycles. The van der Waals surface area contributed by atoms with Crippen LogP contribution in [0, 0.1) is 39.9 Å². The molecular weight excluding hydrogens is 354 g/mol. The second kappa shape index (κ2) is 6.04. The largest absolute Gasteiger partial charge is 0.481 e. The number of carbonyl (C=O) groups excluding carboxylic acids is 1. The van der Waals surface area contributed by atoms with Gasteiger partial charge in [-0.2, -0.15) is 0 Å². The van der Waals surface area contributed by atoms with Crippen molar-refractivity contribution in [2.24, 2.45) is 45.7 Å². The fraction of sp³-hybridized carbons (Fsp3) is 0.913. The lowest BCUT2D eigenvalue weighted by Crippen LogP contribution is -2.74. The van der Waals surface area contributed by atoms with Gasteiger partial charge in [0.25, 0.3) is 0 Å². The van der Waals surface area contributed by atoms with Gasteiger partial charge >= 0.3 is 5.97 Å². The zero-order valence-corrected chi connectivity index (χ0v) is 17.8. The molecule has 0 radical (unpaired) electrons. The molecule has 0 spiro atoms. The smallest absolute Gasteiger partial charge is 0.306 e. The summed E-state index contributed by atoms with van der Waals surface area (Å²) in [6, 6.07) is 0. The highest BCUT2D eigenvalue weighted by Crippen LogP contribution is 2.70. The minimum Gasteiger partial charge on any atom is -0.481 e.